The third kappa shape index (κ3) is 3.68. The smallest absolute Gasteiger partial charge is 0.350 e. The van der Waals surface area contributed by atoms with Gasteiger partial charge in [-0.25, -0.2) is 9.18 Å². The maximum atomic E-state index is 14.9. The molecule has 0 bridgehead atoms. The van der Waals surface area contributed by atoms with Crippen molar-refractivity contribution >= 4 is 28.3 Å². The highest BCUT2D eigenvalue weighted by molar-refractivity contribution is 6.35. The van der Waals surface area contributed by atoms with E-state index in [2.05, 4.69) is 22.1 Å². The maximum Gasteiger partial charge on any atom is 0.350 e. The fourth-order valence-corrected chi connectivity index (χ4v) is 5.27. The summed E-state index contributed by atoms with van der Waals surface area (Å²) in [6.45, 7) is 5.01. The van der Waals surface area contributed by atoms with Crippen molar-refractivity contribution in [1.29, 1.82) is 0 Å². The number of hydrogen-bond acceptors (Lipinski definition) is 7. The van der Waals surface area contributed by atoms with E-state index in [0.29, 0.717) is 29.8 Å². The van der Waals surface area contributed by atoms with Crippen LogP contribution >= 0.6 is 11.6 Å². The van der Waals surface area contributed by atoms with Gasteiger partial charge in [-0.05, 0) is 39.2 Å². The molecule has 10 heteroatoms. The summed E-state index contributed by atoms with van der Waals surface area (Å²) in [6.07, 6.45) is 0. The number of aromatic nitrogens is 2. The van der Waals surface area contributed by atoms with Crippen LogP contribution in [0.25, 0.3) is 22.0 Å². The SMILES string of the molecule is C[C@H]1CNCCN1c1nc(=O)n2c3c(c(-c4c(O)cccc4F)c(Cl)cc13)OC[C@H]2CN(C)C. The van der Waals surface area contributed by atoms with Crippen LogP contribution in [0.3, 0.4) is 0 Å². The number of nitrogens with zero attached hydrogens (tertiary/aromatic N) is 4. The number of benzene rings is 2. The van der Waals surface area contributed by atoms with Gasteiger partial charge in [-0.1, -0.05) is 17.7 Å². The normalized spacial score (nSPS) is 20.1. The van der Waals surface area contributed by atoms with Crippen LogP contribution in [-0.2, 0) is 0 Å². The molecule has 5 rings (SSSR count). The second kappa shape index (κ2) is 8.72. The summed E-state index contributed by atoms with van der Waals surface area (Å²) in [7, 11) is 3.85. The number of phenolic OH excluding ortho intramolecular Hbond substituents is 1. The molecule has 1 aromatic heterocycles. The van der Waals surface area contributed by atoms with Gasteiger partial charge in [-0.3, -0.25) is 4.57 Å². The zero-order valence-corrected chi connectivity index (χ0v) is 20.1. The monoisotopic (exact) mass is 487 g/mol. The number of hydrogen-bond donors (Lipinski definition) is 2. The first-order chi connectivity index (χ1) is 16.3. The average molecular weight is 488 g/mol. The number of phenols is 1. The fourth-order valence-electron chi connectivity index (χ4n) is 4.98. The number of halogens is 2. The summed E-state index contributed by atoms with van der Waals surface area (Å²) in [5.41, 5.74) is 0.298. The van der Waals surface area contributed by atoms with E-state index >= 15 is 0 Å². The lowest BCUT2D eigenvalue weighted by Gasteiger charge is -2.37. The molecule has 3 heterocycles. The highest BCUT2D eigenvalue weighted by Crippen LogP contribution is 2.49. The van der Waals surface area contributed by atoms with Gasteiger partial charge < -0.3 is 25.0 Å². The predicted molar refractivity (Wildman–Crippen MR) is 131 cm³/mol. The highest BCUT2D eigenvalue weighted by atomic mass is 35.5. The lowest BCUT2D eigenvalue weighted by atomic mass is 9.98. The first-order valence-corrected chi connectivity index (χ1v) is 11.7. The summed E-state index contributed by atoms with van der Waals surface area (Å²) >= 11 is 6.74. The summed E-state index contributed by atoms with van der Waals surface area (Å²) < 4.78 is 22.8. The van der Waals surface area contributed by atoms with Crippen molar-refractivity contribution in [2.24, 2.45) is 0 Å². The van der Waals surface area contributed by atoms with Gasteiger partial charge in [0.2, 0.25) is 0 Å². The molecule has 1 saturated heterocycles. The van der Waals surface area contributed by atoms with E-state index in [1.807, 2.05) is 19.0 Å². The van der Waals surface area contributed by atoms with Crippen LogP contribution in [0.5, 0.6) is 11.5 Å². The topological polar surface area (TPSA) is 82.9 Å². The third-order valence-corrected chi connectivity index (χ3v) is 6.77. The number of anilines is 1. The number of rotatable bonds is 4. The minimum absolute atomic E-state index is 0.0524. The molecule has 180 valence electrons. The Hall–Kier alpha value is -2.88. The third-order valence-electron chi connectivity index (χ3n) is 6.47. The van der Waals surface area contributed by atoms with Crippen LogP contribution in [0.1, 0.15) is 13.0 Å². The van der Waals surface area contributed by atoms with Gasteiger partial charge in [-0.2, -0.15) is 4.98 Å². The van der Waals surface area contributed by atoms with Gasteiger partial charge in [0.05, 0.1) is 27.7 Å². The highest BCUT2D eigenvalue weighted by Gasteiger charge is 2.33. The van der Waals surface area contributed by atoms with Crippen molar-refractivity contribution in [2.45, 2.75) is 19.0 Å². The number of nitrogens with one attached hydrogen (secondary N) is 1. The molecule has 0 saturated carbocycles. The van der Waals surface area contributed by atoms with Crippen molar-refractivity contribution in [1.82, 2.24) is 19.8 Å². The first-order valence-electron chi connectivity index (χ1n) is 11.3. The molecule has 2 atom stereocenters. The zero-order chi connectivity index (χ0) is 24.1. The number of piperazine rings is 1. The molecule has 0 unspecified atom stereocenters. The fraction of sp³-hybridized carbons (Fsp3) is 0.417. The van der Waals surface area contributed by atoms with Gasteiger partial charge in [0, 0.05) is 37.6 Å². The van der Waals surface area contributed by atoms with E-state index in [9.17, 15) is 14.3 Å². The lowest BCUT2D eigenvalue weighted by molar-refractivity contribution is 0.198. The number of likely N-dealkylation sites (N-methyl/N-ethyl adjacent to an activating group) is 1. The van der Waals surface area contributed by atoms with Crippen LogP contribution in [0.15, 0.2) is 29.1 Å². The van der Waals surface area contributed by atoms with Crippen molar-refractivity contribution in [3.8, 4) is 22.6 Å². The molecule has 2 N–H and O–H groups in total. The van der Waals surface area contributed by atoms with Crippen LogP contribution < -0.4 is 20.6 Å². The largest absolute Gasteiger partial charge is 0.507 e. The van der Waals surface area contributed by atoms with Crippen molar-refractivity contribution in [2.75, 3.05) is 51.8 Å². The first kappa shape index (κ1) is 22.9. The van der Waals surface area contributed by atoms with Gasteiger partial charge in [-0.15, -0.1) is 0 Å². The second-order valence-corrected chi connectivity index (χ2v) is 9.56. The minimum atomic E-state index is -0.629. The zero-order valence-electron chi connectivity index (χ0n) is 19.3. The Bertz CT molecular complexity index is 1310. The molecule has 2 aliphatic rings. The van der Waals surface area contributed by atoms with Gasteiger partial charge in [0.25, 0.3) is 0 Å². The Morgan fingerprint density at radius 2 is 2.15 bits per heavy atom. The average Bonchev–Trinajstić information content (AvgIpc) is 2.78. The standard InChI is InChI=1S/C24H27ClFN5O3/c1-13-10-27-7-8-30(13)23-15-9-16(25)19(20-17(26)5-4-6-18(20)32)22-21(15)31(24(33)28-23)14(12-34-22)11-29(2)3/h4-6,9,13-14,27,32H,7-8,10-12H2,1-3H3/t13-,14+/m0/s1. The van der Waals surface area contributed by atoms with E-state index in [4.69, 9.17) is 16.3 Å². The Labute approximate surface area is 201 Å². The van der Waals surface area contributed by atoms with E-state index in [1.54, 1.807) is 10.6 Å². The predicted octanol–water partition coefficient (Wildman–Crippen LogP) is 2.85. The lowest BCUT2D eigenvalue weighted by Crippen LogP contribution is -2.51. The van der Waals surface area contributed by atoms with Gasteiger partial charge in [0.15, 0.2) is 5.75 Å². The van der Waals surface area contributed by atoms with Crippen molar-refractivity contribution in [3.05, 3.63) is 45.6 Å². The van der Waals surface area contributed by atoms with Crippen molar-refractivity contribution < 1.29 is 14.2 Å². The Morgan fingerprint density at radius 3 is 2.85 bits per heavy atom. The summed E-state index contributed by atoms with van der Waals surface area (Å²) in [4.78, 5) is 22.0. The molecule has 1 fully saturated rings. The van der Waals surface area contributed by atoms with Gasteiger partial charge in [0.1, 0.15) is 24.0 Å². The Balaban J connectivity index is 1.87. The molecular weight excluding hydrogens is 461 g/mol. The molecule has 2 aliphatic heterocycles. The van der Waals surface area contributed by atoms with Crippen LogP contribution in [-0.4, -0.2) is 72.5 Å². The van der Waals surface area contributed by atoms with E-state index in [-0.39, 0.29) is 46.3 Å². The molecule has 3 aromatic rings. The summed E-state index contributed by atoms with van der Waals surface area (Å²) in [6, 6.07) is 5.61. The molecule has 8 nitrogen and oxygen atoms in total. The van der Waals surface area contributed by atoms with E-state index in [1.165, 1.54) is 18.2 Å². The number of aromatic hydroxyl groups is 1. The molecule has 0 amide bonds. The molecule has 0 aliphatic carbocycles. The van der Waals surface area contributed by atoms with E-state index in [0.717, 1.165) is 13.1 Å². The Morgan fingerprint density at radius 1 is 1.35 bits per heavy atom. The number of ether oxygens (including phenoxy) is 1. The summed E-state index contributed by atoms with van der Waals surface area (Å²) in [5.74, 6) is -0.0703. The minimum Gasteiger partial charge on any atom is -0.507 e. The van der Waals surface area contributed by atoms with Gasteiger partial charge >= 0.3 is 5.69 Å². The van der Waals surface area contributed by atoms with Crippen LogP contribution in [0.4, 0.5) is 10.2 Å². The molecule has 2 aromatic carbocycles. The van der Waals surface area contributed by atoms with Crippen LogP contribution in [0.2, 0.25) is 5.02 Å². The molecule has 0 radical (unpaired) electrons. The Kier molecular flexibility index (Phi) is 5.87. The quantitative estimate of drug-likeness (QED) is 0.585. The summed E-state index contributed by atoms with van der Waals surface area (Å²) in [5, 5.41) is 14.7. The molecule has 0 spiro atoms. The second-order valence-electron chi connectivity index (χ2n) is 9.15. The molecular formula is C24H27ClFN5O3. The maximum absolute atomic E-state index is 14.9. The van der Waals surface area contributed by atoms with Crippen LogP contribution in [0, 0.1) is 5.82 Å². The molecule has 34 heavy (non-hydrogen) atoms. The van der Waals surface area contributed by atoms with Crippen molar-refractivity contribution in [3.63, 3.8) is 0 Å². The van der Waals surface area contributed by atoms with E-state index < -0.39 is 11.5 Å².